The van der Waals surface area contributed by atoms with Gasteiger partial charge in [0.05, 0.1) is 5.02 Å². The largest absolute Gasteiger partial charge is 0.312 e. The highest BCUT2D eigenvalue weighted by Crippen LogP contribution is 2.30. The van der Waals surface area contributed by atoms with Crippen LogP contribution in [0.1, 0.15) is 17.3 Å². The quantitative estimate of drug-likeness (QED) is 0.738. The Labute approximate surface area is 82.1 Å². The second-order valence-electron chi connectivity index (χ2n) is 2.50. The van der Waals surface area contributed by atoms with Gasteiger partial charge in [-0.25, -0.2) is 0 Å². The topological polar surface area (TPSA) is 12.0 Å². The Morgan fingerprint density at radius 3 is 3.00 bits per heavy atom. The van der Waals surface area contributed by atoms with Crippen LogP contribution in [0.15, 0.2) is 24.1 Å². The number of rotatable bonds is 4. The van der Waals surface area contributed by atoms with E-state index < -0.39 is 0 Å². The SMILES string of the molecule is C=CCC(NC)c1sccc1Cl. The first-order valence-electron chi connectivity index (χ1n) is 3.80. The lowest BCUT2D eigenvalue weighted by Crippen LogP contribution is -2.14. The summed E-state index contributed by atoms with van der Waals surface area (Å²) in [7, 11) is 1.93. The molecule has 1 aromatic rings. The van der Waals surface area contributed by atoms with Crippen LogP contribution < -0.4 is 5.32 Å². The van der Waals surface area contributed by atoms with Gasteiger partial charge in [0, 0.05) is 10.9 Å². The van der Waals surface area contributed by atoms with E-state index in [1.54, 1.807) is 11.3 Å². The van der Waals surface area contributed by atoms with Crippen molar-refractivity contribution >= 4 is 22.9 Å². The molecule has 0 aliphatic carbocycles. The maximum atomic E-state index is 5.99. The van der Waals surface area contributed by atoms with Gasteiger partial charge >= 0.3 is 0 Å². The molecule has 66 valence electrons. The number of hydrogen-bond acceptors (Lipinski definition) is 2. The third-order valence-corrected chi connectivity index (χ3v) is 3.18. The molecule has 0 saturated heterocycles. The van der Waals surface area contributed by atoms with E-state index >= 15 is 0 Å². The number of halogens is 1. The van der Waals surface area contributed by atoms with Gasteiger partial charge in [-0.05, 0) is 24.9 Å². The monoisotopic (exact) mass is 201 g/mol. The fourth-order valence-electron chi connectivity index (χ4n) is 1.08. The zero-order chi connectivity index (χ0) is 8.97. The highest BCUT2D eigenvalue weighted by Gasteiger charge is 2.11. The molecule has 0 aliphatic heterocycles. The first kappa shape index (κ1) is 9.78. The summed E-state index contributed by atoms with van der Waals surface area (Å²) < 4.78 is 0. The molecule has 0 fully saturated rings. The van der Waals surface area contributed by atoms with Crippen molar-refractivity contribution < 1.29 is 0 Å². The van der Waals surface area contributed by atoms with E-state index in [4.69, 9.17) is 11.6 Å². The Balaban J connectivity index is 2.78. The fourth-order valence-corrected chi connectivity index (χ4v) is 2.39. The number of thiophene rings is 1. The second-order valence-corrected chi connectivity index (χ2v) is 3.85. The molecule has 12 heavy (non-hydrogen) atoms. The van der Waals surface area contributed by atoms with Crippen molar-refractivity contribution in [1.82, 2.24) is 5.32 Å². The van der Waals surface area contributed by atoms with Crippen molar-refractivity contribution in [3.05, 3.63) is 34.0 Å². The molecule has 0 bridgehead atoms. The van der Waals surface area contributed by atoms with Gasteiger partial charge in [-0.2, -0.15) is 0 Å². The van der Waals surface area contributed by atoms with Crippen LogP contribution >= 0.6 is 22.9 Å². The molecule has 1 aromatic heterocycles. The Bertz CT molecular complexity index is 257. The highest BCUT2D eigenvalue weighted by atomic mass is 35.5. The normalized spacial score (nSPS) is 12.8. The molecule has 0 aliphatic rings. The van der Waals surface area contributed by atoms with Gasteiger partial charge < -0.3 is 5.32 Å². The molecule has 1 N–H and O–H groups in total. The summed E-state index contributed by atoms with van der Waals surface area (Å²) in [4.78, 5) is 1.19. The average molecular weight is 202 g/mol. The van der Waals surface area contributed by atoms with Crippen LogP contribution in [0.3, 0.4) is 0 Å². The zero-order valence-electron chi connectivity index (χ0n) is 7.01. The molecule has 0 radical (unpaired) electrons. The fraction of sp³-hybridized carbons (Fsp3) is 0.333. The van der Waals surface area contributed by atoms with Crippen LogP contribution in [0, 0.1) is 0 Å². The van der Waals surface area contributed by atoms with Gasteiger partial charge in [0.2, 0.25) is 0 Å². The molecule has 1 nitrogen and oxygen atoms in total. The van der Waals surface area contributed by atoms with Crippen molar-refractivity contribution in [2.45, 2.75) is 12.5 Å². The molecule has 1 heterocycles. The van der Waals surface area contributed by atoms with Crippen LogP contribution in [0.5, 0.6) is 0 Å². The van der Waals surface area contributed by atoms with Gasteiger partial charge in [0.15, 0.2) is 0 Å². The molecular formula is C9H12ClNS. The Morgan fingerprint density at radius 2 is 2.58 bits per heavy atom. The summed E-state index contributed by atoms with van der Waals surface area (Å²) in [6, 6.07) is 2.24. The van der Waals surface area contributed by atoms with Crippen molar-refractivity contribution in [1.29, 1.82) is 0 Å². The summed E-state index contributed by atoms with van der Waals surface area (Å²) in [5, 5.41) is 6.05. The van der Waals surface area contributed by atoms with Gasteiger partial charge in [0.1, 0.15) is 0 Å². The van der Waals surface area contributed by atoms with E-state index in [9.17, 15) is 0 Å². The van der Waals surface area contributed by atoms with Gasteiger partial charge in [0.25, 0.3) is 0 Å². The lowest BCUT2D eigenvalue weighted by atomic mass is 10.2. The van der Waals surface area contributed by atoms with Crippen molar-refractivity contribution in [2.75, 3.05) is 7.05 Å². The third kappa shape index (κ3) is 2.09. The molecule has 0 saturated carbocycles. The minimum atomic E-state index is 0.315. The van der Waals surface area contributed by atoms with Gasteiger partial charge in [-0.1, -0.05) is 17.7 Å². The summed E-state index contributed by atoms with van der Waals surface area (Å²) in [6.07, 6.45) is 2.81. The van der Waals surface area contributed by atoms with Crippen LogP contribution in [-0.2, 0) is 0 Å². The molecule has 0 aromatic carbocycles. The third-order valence-electron chi connectivity index (χ3n) is 1.71. The average Bonchev–Trinajstić information content (AvgIpc) is 2.47. The van der Waals surface area contributed by atoms with Crippen LogP contribution in [-0.4, -0.2) is 7.05 Å². The molecule has 0 spiro atoms. The van der Waals surface area contributed by atoms with E-state index in [0.29, 0.717) is 6.04 Å². The predicted molar refractivity (Wildman–Crippen MR) is 55.9 cm³/mol. The van der Waals surface area contributed by atoms with Crippen molar-refractivity contribution in [3.63, 3.8) is 0 Å². The molecule has 0 amide bonds. The molecule has 1 unspecified atom stereocenters. The summed E-state index contributed by atoms with van der Waals surface area (Å²) >= 11 is 7.67. The summed E-state index contributed by atoms with van der Waals surface area (Å²) in [6.45, 7) is 3.71. The molecular weight excluding hydrogens is 190 g/mol. The number of nitrogens with one attached hydrogen (secondary N) is 1. The molecule has 1 atom stereocenters. The Morgan fingerprint density at radius 1 is 1.83 bits per heavy atom. The number of hydrogen-bond donors (Lipinski definition) is 1. The molecule has 1 rings (SSSR count). The zero-order valence-corrected chi connectivity index (χ0v) is 8.58. The highest BCUT2D eigenvalue weighted by molar-refractivity contribution is 7.10. The first-order chi connectivity index (χ1) is 5.79. The molecule has 3 heteroatoms. The van der Waals surface area contributed by atoms with Crippen LogP contribution in [0.4, 0.5) is 0 Å². The lowest BCUT2D eigenvalue weighted by molar-refractivity contribution is 0.614. The van der Waals surface area contributed by atoms with E-state index in [2.05, 4.69) is 11.9 Å². The van der Waals surface area contributed by atoms with E-state index in [0.717, 1.165) is 11.4 Å². The maximum absolute atomic E-state index is 5.99. The Hall–Kier alpha value is -0.310. The first-order valence-corrected chi connectivity index (χ1v) is 5.06. The van der Waals surface area contributed by atoms with Crippen LogP contribution in [0.2, 0.25) is 5.02 Å². The van der Waals surface area contributed by atoms with E-state index in [1.165, 1.54) is 4.88 Å². The van der Waals surface area contributed by atoms with Gasteiger partial charge in [-0.3, -0.25) is 0 Å². The minimum Gasteiger partial charge on any atom is -0.312 e. The lowest BCUT2D eigenvalue weighted by Gasteiger charge is -2.12. The van der Waals surface area contributed by atoms with Crippen molar-refractivity contribution in [2.24, 2.45) is 0 Å². The van der Waals surface area contributed by atoms with E-state index in [1.807, 2.05) is 24.6 Å². The summed E-state index contributed by atoms with van der Waals surface area (Å²) in [5.74, 6) is 0. The van der Waals surface area contributed by atoms with Crippen LogP contribution in [0.25, 0.3) is 0 Å². The maximum Gasteiger partial charge on any atom is 0.0561 e. The van der Waals surface area contributed by atoms with E-state index in [-0.39, 0.29) is 0 Å². The standard InChI is InChI=1S/C9H12ClNS/c1-3-4-8(11-2)9-7(10)5-6-12-9/h3,5-6,8,11H,1,4H2,2H3. The summed E-state index contributed by atoms with van der Waals surface area (Å²) in [5.41, 5.74) is 0. The minimum absolute atomic E-state index is 0.315. The second kappa shape index (κ2) is 4.65. The smallest absolute Gasteiger partial charge is 0.0561 e. The Kier molecular flexibility index (Phi) is 3.79. The van der Waals surface area contributed by atoms with Crippen molar-refractivity contribution in [3.8, 4) is 0 Å². The predicted octanol–water partition coefficient (Wildman–Crippen LogP) is 3.24. The van der Waals surface area contributed by atoms with Gasteiger partial charge in [-0.15, -0.1) is 17.9 Å².